The van der Waals surface area contributed by atoms with Crippen LogP contribution in [-0.2, 0) is 9.53 Å². The maximum Gasteiger partial charge on any atom is 0.338 e. The lowest BCUT2D eigenvalue weighted by Gasteiger charge is -2.13. The van der Waals surface area contributed by atoms with Crippen molar-refractivity contribution in [2.45, 2.75) is 19.8 Å². The van der Waals surface area contributed by atoms with Gasteiger partial charge >= 0.3 is 5.97 Å². The number of amides is 1. The van der Waals surface area contributed by atoms with E-state index in [1.54, 1.807) is 6.07 Å². The first-order valence-corrected chi connectivity index (χ1v) is 7.29. The van der Waals surface area contributed by atoms with Crippen molar-refractivity contribution in [1.82, 2.24) is 0 Å². The number of hydrogen-bond donors (Lipinski definition) is 1. The first-order valence-electron chi connectivity index (χ1n) is 7.29. The van der Waals surface area contributed by atoms with E-state index in [-0.39, 0.29) is 11.5 Å². The summed E-state index contributed by atoms with van der Waals surface area (Å²) in [5.74, 6) is -1.46. The van der Waals surface area contributed by atoms with E-state index in [1.807, 2.05) is 32.0 Å². The van der Waals surface area contributed by atoms with Crippen LogP contribution < -0.4 is 5.32 Å². The third-order valence-corrected chi connectivity index (χ3v) is 3.25. The molecule has 23 heavy (non-hydrogen) atoms. The highest BCUT2D eigenvalue weighted by Crippen LogP contribution is 2.23. The van der Waals surface area contributed by atoms with Crippen LogP contribution in [0.25, 0.3) is 0 Å². The number of carbonyl (C=O) groups excluding carboxylic acids is 2. The molecule has 0 unspecified atom stereocenters. The maximum absolute atomic E-state index is 13.0. The summed E-state index contributed by atoms with van der Waals surface area (Å²) in [4.78, 5) is 23.7. The molecule has 0 aliphatic rings. The summed E-state index contributed by atoms with van der Waals surface area (Å²) in [6.45, 7) is 3.62. The van der Waals surface area contributed by atoms with Crippen LogP contribution in [0.2, 0.25) is 0 Å². The van der Waals surface area contributed by atoms with Crippen LogP contribution in [0.5, 0.6) is 0 Å². The van der Waals surface area contributed by atoms with Gasteiger partial charge in [-0.2, -0.15) is 0 Å². The van der Waals surface area contributed by atoms with E-state index < -0.39 is 24.3 Å². The molecule has 1 N–H and O–H groups in total. The third kappa shape index (κ3) is 4.64. The first kappa shape index (κ1) is 16.7. The molecular formula is C18H18FNO3. The number of nitrogens with one attached hydrogen (secondary N) is 1. The highest BCUT2D eigenvalue weighted by molar-refractivity contribution is 5.95. The predicted octanol–water partition coefficient (Wildman–Crippen LogP) is 3.74. The van der Waals surface area contributed by atoms with Crippen LogP contribution >= 0.6 is 0 Å². The van der Waals surface area contributed by atoms with E-state index in [9.17, 15) is 14.0 Å². The second-order valence-corrected chi connectivity index (χ2v) is 5.38. The summed E-state index contributed by atoms with van der Waals surface area (Å²) in [5.41, 5.74) is 1.76. The zero-order valence-corrected chi connectivity index (χ0v) is 13.0. The van der Waals surface area contributed by atoms with Gasteiger partial charge in [-0.1, -0.05) is 38.1 Å². The zero-order valence-electron chi connectivity index (χ0n) is 13.0. The number of anilines is 1. The van der Waals surface area contributed by atoms with Gasteiger partial charge in [0.25, 0.3) is 5.91 Å². The second kappa shape index (κ2) is 7.54. The van der Waals surface area contributed by atoms with E-state index in [4.69, 9.17) is 4.74 Å². The lowest BCUT2D eigenvalue weighted by molar-refractivity contribution is -0.119. The molecule has 0 heterocycles. The third-order valence-electron chi connectivity index (χ3n) is 3.25. The molecule has 2 aromatic rings. The molecule has 120 valence electrons. The van der Waals surface area contributed by atoms with Gasteiger partial charge in [0.2, 0.25) is 0 Å². The van der Waals surface area contributed by atoms with Crippen molar-refractivity contribution in [2.24, 2.45) is 0 Å². The van der Waals surface area contributed by atoms with Crippen molar-refractivity contribution in [2.75, 3.05) is 11.9 Å². The summed E-state index contributed by atoms with van der Waals surface area (Å²) >= 11 is 0. The SMILES string of the molecule is CC(C)c1ccccc1NC(=O)COC(=O)c1cccc(F)c1. The molecule has 0 saturated carbocycles. The molecule has 0 bridgehead atoms. The fourth-order valence-electron chi connectivity index (χ4n) is 2.13. The van der Waals surface area contributed by atoms with Crippen molar-refractivity contribution in [3.63, 3.8) is 0 Å². The quantitative estimate of drug-likeness (QED) is 0.855. The highest BCUT2D eigenvalue weighted by atomic mass is 19.1. The molecule has 0 aliphatic carbocycles. The Morgan fingerprint density at radius 3 is 2.57 bits per heavy atom. The Morgan fingerprint density at radius 1 is 1.13 bits per heavy atom. The Kier molecular flexibility index (Phi) is 5.46. The van der Waals surface area contributed by atoms with Crippen molar-refractivity contribution in [3.8, 4) is 0 Å². The van der Waals surface area contributed by atoms with E-state index >= 15 is 0 Å². The van der Waals surface area contributed by atoms with Crippen LogP contribution in [0.4, 0.5) is 10.1 Å². The van der Waals surface area contributed by atoms with Gasteiger partial charge < -0.3 is 10.1 Å². The smallest absolute Gasteiger partial charge is 0.338 e. The summed E-state index contributed by atoms with van der Waals surface area (Å²) in [6.07, 6.45) is 0. The molecule has 4 nitrogen and oxygen atoms in total. The van der Waals surface area contributed by atoms with Crippen LogP contribution in [-0.4, -0.2) is 18.5 Å². The molecule has 0 fully saturated rings. The summed E-state index contributed by atoms with van der Waals surface area (Å²) in [6, 6.07) is 12.6. The van der Waals surface area contributed by atoms with E-state index in [1.165, 1.54) is 18.2 Å². The molecule has 2 aromatic carbocycles. The van der Waals surface area contributed by atoms with Gasteiger partial charge in [-0.05, 0) is 35.7 Å². The number of ether oxygens (including phenoxy) is 1. The Hall–Kier alpha value is -2.69. The molecule has 0 spiro atoms. The van der Waals surface area contributed by atoms with E-state index in [2.05, 4.69) is 5.32 Å². The number of esters is 1. The molecular weight excluding hydrogens is 297 g/mol. The lowest BCUT2D eigenvalue weighted by Crippen LogP contribution is -2.21. The van der Waals surface area contributed by atoms with E-state index in [0.29, 0.717) is 5.69 Å². The monoisotopic (exact) mass is 315 g/mol. The molecule has 2 rings (SSSR count). The van der Waals surface area contributed by atoms with Crippen molar-refractivity contribution >= 4 is 17.6 Å². The average Bonchev–Trinajstić information content (AvgIpc) is 2.53. The minimum atomic E-state index is -0.739. The molecule has 0 atom stereocenters. The summed E-state index contributed by atoms with van der Waals surface area (Å²) in [5, 5.41) is 2.72. The van der Waals surface area contributed by atoms with Crippen molar-refractivity contribution in [1.29, 1.82) is 0 Å². The number of carbonyl (C=O) groups is 2. The number of para-hydroxylation sites is 1. The van der Waals surface area contributed by atoms with Crippen molar-refractivity contribution < 1.29 is 18.7 Å². The Labute approximate surface area is 134 Å². The van der Waals surface area contributed by atoms with Crippen LogP contribution in [0.1, 0.15) is 35.7 Å². The predicted molar refractivity (Wildman–Crippen MR) is 85.8 cm³/mol. The summed E-state index contributed by atoms with van der Waals surface area (Å²) in [7, 11) is 0. The van der Waals surface area contributed by atoms with Gasteiger partial charge in [0.05, 0.1) is 5.56 Å². The van der Waals surface area contributed by atoms with Gasteiger partial charge in [0, 0.05) is 5.69 Å². The molecule has 0 radical (unpaired) electrons. The normalized spacial score (nSPS) is 10.4. The lowest BCUT2D eigenvalue weighted by atomic mass is 10.0. The molecule has 1 amide bonds. The zero-order chi connectivity index (χ0) is 16.8. The van der Waals surface area contributed by atoms with Gasteiger partial charge in [0.1, 0.15) is 5.82 Å². The Bertz CT molecular complexity index is 713. The Balaban J connectivity index is 1.94. The van der Waals surface area contributed by atoms with Crippen LogP contribution in [0, 0.1) is 5.82 Å². The Morgan fingerprint density at radius 2 is 1.87 bits per heavy atom. The fourth-order valence-corrected chi connectivity index (χ4v) is 2.13. The molecule has 0 aromatic heterocycles. The van der Waals surface area contributed by atoms with Crippen molar-refractivity contribution in [3.05, 3.63) is 65.5 Å². The highest BCUT2D eigenvalue weighted by Gasteiger charge is 2.13. The minimum absolute atomic E-state index is 0.0698. The molecule has 5 heteroatoms. The van der Waals surface area contributed by atoms with Gasteiger partial charge in [-0.25, -0.2) is 9.18 Å². The number of rotatable bonds is 5. The second-order valence-electron chi connectivity index (χ2n) is 5.38. The largest absolute Gasteiger partial charge is 0.452 e. The first-order chi connectivity index (χ1) is 11.0. The number of halogens is 1. The number of hydrogen-bond acceptors (Lipinski definition) is 3. The van der Waals surface area contributed by atoms with Crippen LogP contribution in [0.15, 0.2) is 48.5 Å². The van der Waals surface area contributed by atoms with Gasteiger partial charge in [0.15, 0.2) is 6.61 Å². The standard InChI is InChI=1S/C18H18FNO3/c1-12(2)15-8-3-4-9-16(15)20-17(21)11-23-18(22)13-6-5-7-14(19)10-13/h3-10,12H,11H2,1-2H3,(H,20,21). The molecule has 0 aliphatic heterocycles. The number of benzene rings is 2. The van der Waals surface area contributed by atoms with Crippen LogP contribution in [0.3, 0.4) is 0 Å². The van der Waals surface area contributed by atoms with Gasteiger partial charge in [-0.15, -0.1) is 0 Å². The maximum atomic E-state index is 13.0. The molecule has 0 saturated heterocycles. The fraction of sp³-hybridized carbons (Fsp3) is 0.222. The van der Waals surface area contributed by atoms with Gasteiger partial charge in [-0.3, -0.25) is 4.79 Å². The summed E-state index contributed by atoms with van der Waals surface area (Å²) < 4.78 is 17.9. The average molecular weight is 315 g/mol. The minimum Gasteiger partial charge on any atom is -0.452 e. The topological polar surface area (TPSA) is 55.4 Å². The van der Waals surface area contributed by atoms with E-state index in [0.717, 1.165) is 11.6 Å².